The van der Waals surface area contributed by atoms with Gasteiger partial charge in [-0.15, -0.1) is 0 Å². The Bertz CT molecular complexity index is 438. The number of ether oxygens (including phenoxy) is 1. The summed E-state index contributed by atoms with van der Waals surface area (Å²) in [5.41, 5.74) is 7.13. The molecule has 0 aliphatic carbocycles. The zero-order valence-corrected chi connectivity index (χ0v) is 11.9. The molecule has 3 N–H and O–H groups in total. The van der Waals surface area contributed by atoms with Crippen LogP contribution in [0.15, 0.2) is 24.3 Å². The monoisotopic (exact) mass is 284 g/mol. The van der Waals surface area contributed by atoms with Crippen LogP contribution in [0.25, 0.3) is 0 Å². The van der Waals surface area contributed by atoms with E-state index in [0.29, 0.717) is 31.0 Å². The maximum Gasteiger partial charge on any atom is 0.236 e. The van der Waals surface area contributed by atoms with Crippen LogP contribution in [0, 0.1) is 0 Å². The molecule has 0 fully saturated rings. The molecular weight excluding hydrogens is 264 g/mol. The van der Waals surface area contributed by atoms with E-state index in [2.05, 4.69) is 5.32 Å². The Labute approximate surface area is 116 Å². The molecule has 1 rings (SSSR count). The molecule has 0 aliphatic heterocycles. The van der Waals surface area contributed by atoms with Crippen molar-refractivity contribution in [3.05, 3.63) is 29.8 Å². The summed E-state index contributed by atoms with van der Waals surface area (Å²) in [4.78, 5) is 11.7. The van der Waals surface area contributed by atoms with E-state index >= 15 is 0 Å². The first-order valence-corrected chi connectivity index (χ1v) is 7.58. The van der Waals surface area contributed by atoms with Crippen molar-refractivity contribution in [2.24, 2.45) is 5.73 Å². The Morgan fingerprint density at radius 1 is 1.42 bits per heavy atom. The highest BCUT2D eigenvalue weighted by molar-refractivity contribution is 7.85. The number of nitrogens with two attached hydrogens (primary N) is 1. The van der Waals surface area contributed by atoms with Gasteiger partial charge < -0.3 is 15.8 Å². The lowest BCUT2D eigenvalue weighted by molar-refractivity contribution is -0.113. The van der Waals surface area contributed by atoms with Crippen LogP contribution < -0.4 is 11.1 Å². The summed E-state index contributed by atoms with van der Waals surface area (Å²) in [5.74, 6) is 0.222. The van der Waals surface area contributed by atoms with Gasteiger partial charge in [0.1, 0.15) is 5.75 Å². The number of carbonyl (C=O) groups excluding carboxylic acids is 1. The molecule has 0 saturated carbocycles. The normalized spacial score (nSPS) is 12.1. The molecule has 5 nitrogen and oxygen atoms in total. The SMILES string of the molecule is COCCCS(=O)CC(=O)Nc1ccccc1CN. The Morgan fingerprint density at radius 3 is 2.84 bits per heavy atom. The molecule has 0 bridgehead atoms. The number of methoxy groups -OCH3 is 1. The fourth-order valence-electron chi connectivity index (χ4n) is 1.59. The van der Waals surface area contributed by atoms with Crippen molar-refractivity contribution in [1.82, 2.24) is 0 Å². The highest BCUT2D eigenvalue weighted by Crippen LogP contribution is 2.13. The van der Waals surface area contributed by atoms with Crippen LogP contribution in [0.3, 0.4) is 0 Å². The summed E-state index contributed by atoms with van der Waals surface area (Å²) in [6.07, 6.45) is 0.690. The third-order valence-electron chi connectivity index (χ3n) is 2.52. The van der Waals surface area contributed by atoms with Gasteiger partial charge in [0.25, 0.3) is 0 Å². The Kier molecular flexibility index (Phi) is 7.32. The number of benzene rings is 1. The lowest BCUT2D eigenvalue weighted by Crippen LogP contribution is -2.22. The van der Waals surface area contributed by atoms with Gasteiger partial charge in [-0.2, -0.15) is 0 Å². The lowest BCUT2D eigenvalue weighted by Gasteiger charge is -2.09. The smallest absolute Gasteiger partial charge is 0.236 e. The molecule has 1 aromatic carbocycles. The summed E-state index contributed by atoms with van der Waals surface area (Å²) in [6.45, 7) is 0.913. The summed E-state index contributed by atoms with van der Waals surface area (Å²) in [5, 5.41) is 2.74. The van der Waals surface area contributed by atoms with Crippen LogP contribution in [0.2, 0.25) is 0 Å². The van der Waals surface area contributed by atoms with E-state index in [0.717, 1.165) is 5.56 Å². The predicted molar refractivity (Wildman–Crippen MR) is 77.3 cm³/mol. The van der Waals surface area contributed by atoms with E-state index in [4.69, 9.17) is 10.5 Å². The molecule has 106 valence electrons. The standard InChI is InChI=1S/C13H20N2O3S/c1-18-7-4-8-19(17)10-13(16)15-12-6-3-2-5-11(12)9-14/h2-3,5-6H,4,7-10,14H2,1H3,(H,15,16). The van der Waals surface area contributed by atoms with Gasteiger partial charge in [-0.05, 0) is 18.1 Å². The van der Waals surface area contributed by atoms with Crippen molar-refractivity contribution in [3.63, 3.8) is 0 Å². The minimum absolute atomic E-state index is 0.00260. The van der Waals surface area contributed by atoms with Crippen LogP contribution in [-0.4, -0.2) is 35.3 Å². The highest BCUT2D eigenvalue weighted by atomic mass is 32.2. The zero-order valence-electron chi connectivity index (χ0n) is 11.1. The predicted octanol–water partition coefficient (Wildman–Crippen LogP) is 0.869. The number of hydrogen-bond acceptors (Lipinski definition) is 4. The zero-order chi connectivity index (χ0) is 14.1. The third-order valence-corrected chi connectivity index (χ3v) is 3.85. The van der Waals surface area contributed by atoms with Crippen molar-refractivity contribution >= 4 is 22.4 Å². The first-order chi connectivity index (χ1) is 9.17. The maximum atomic E-state index is 11.7. The van der Waals surface area contributed by atoms with E-state index in [-0.39, 0.29) is 11.7 Å². The summed E-state index contributed by atoms with van der Waals surface area (Å²) >= 11 is 0. The molecular formula is C13H20N2O3S. The van der Waals surface area contributed by atoms with Crippen LogP contribution in [0.4, 0.5) is 5.69 Å². The van der Waals surface area contributed by atoms with E-state index in [1.165, 1.54) is 0 Å². The second kappa shape index (κ2) is 8.79. The summed E-state index contributed by atoms with van der Waals surface area (Å²) < 4.78 is 16.5. The Hall–Kier alpha value is -1.24. The third kappa shape index (κ3) is 5.96. The van der Waals surface area contributed by atoms with Crippen LogP contribution in [0.5, 0.6) is 0 Å². The van der Waals surface area contributed by atoms with Gasteiger partial charge in [-0.3, -0.25) is 9.00 Å². The van der Waals surface area contributed by atoms with Crippen LogP contribution in [-0.2, 0) is 26.9 Å². The fraction of sp³-hybridized carbons (Fsp3) is 0.462. The van der Waals surface area contributed by atoms with E-state index in [9.17, 15) is 9.00 Å². The number of amides is 1. The van der Waals surface area contributed by atoms with Gasteiger partial charge >= 0.3 is 0 Å². The Balaban J connectivity index is 2.44. The molecule has 0 radical (unpaired) electrons. The molecule has 19 heavy (non-hydrogen) atoms. The average Bonchev–Trinajstić information content (AvgIpc) is 2.39. The number of rotatable bonds is 8. The van der Waals surface area contributed by atoms with Crippen molar-refractivity contribution in [1.29, 1.82) is 0 Å². The van der Waals surface area contributed by atoms with Gasteiger partial charge in [0.05, 0.1) is 0 Å². The highest BCUT2D eigenvalue weighted by Gasteiger charge is 2.09. The van der Waals surface area contributed by atoms with Crippen LogP contribution in [0.1, 0.15) is 12.0 Å². The van der Waals surface area contributed by atoms with E-state index < -0.39 is 10.8 Å². The van der Waals surface area contributed by atoms with Crippen molar-refractivity contribution in [2.45, 2.75) is 13.0 Å². The van der Waals surface area contributed by atoms with Crippen LogP contribution >= 0.6 is 0 Å². The number of carbonyl (C=O) groups is 1. The van der Waals surface area contributed by atoms with E-state index in [1.807, 2.05) is 18.2 Å². The molecule has 1 atom stereocenters. The van der Waals surface area contributed by atoms with E-state index in [1.54, 1.807) is 13.2 Å². The van der Waals surface area contributed by atoms with Crippen molar-refractivity contribution in [2.75, 3.05) is 30.5 Å². The summed E-state index contributed by atoms with van der Waals surface area (Å²) in [6, 6.07) is 7.32. The first-order valence-electron chi connectivity index (χ1n) is 6.09. The largest absolute Gasteiger partial charge is 0.385 e. The van der Waals surface area contributed by atoms with Gasteiger partial charge in [-0.25, -0.2) is 0 Å². The molecule has 0 heterocycles. The number of nitrogens with one attached hydrogen (secondary N) is 1. The minimum Gasteiger partial charge on any atom is -0.385 e. The second-order valence-corrected chi connectivity index (χ2v) is 5.62. The molecule has 1 amide bonds. The molecule has 6 heteroatoms. The number of para-hydroxylation sites is 1. The van der Waals surface area contributed by atoms with Gasteiger partial charge in [0.2, 0.25) is 5.91 Å². The quantitative estimate of drug-likeness (QED) is 0.694. The van der Waals surface area contributed by atoms with Gasteiger partial charge in [-0.1, -0.05) is 18.2 Å². The molecule has 1 unspecified atom stereocenters. The molecule has 0 saturated heterocycles. The number of anilines is 1. The molecule has 0 aliphatic rings. The number of hydrogen-bond donors (Lipinski definition) is 2. The Morgan fingerprint density at radius 2 is 2.16 bits per heavy atom. The second-order valence-electron chi connectivity index (χ2n) is 4.04. The average molecular weight is 284 g/mol. The topological polar surface area (TPSA) is 81.4 Å². The van der Waals surface area contributed by atoms with Crippen molar-refractivity contribution < 1.29 is 13.7 Å². The molecule has 0 spiro atoms. The summed E-state index contributed by atoms with van der Waals surface area (Å²) in [7, 11) is 0.440. The maximum absolute atomic E-state index is 11.7. The lowest BCUT2D eigenvalue weighted by atomic mass is 10.2. The van der Waals surface area contributed by atoms with Crippen molar-refractivity contribution in [3.8, 4) is 0 Å². The minimum atomic E-state index is -1.16. The molecule has 1 aromatic rings. The first kappa shape index (κ1) is 15.8. The fourth-order valence-corrected chi connectivity index (χ4v) is 2.54. The van der Waals surface area contributed by atoms with Gasteiger partial charge in [0.15, 0.2) is 0 Å². The van der Waals surface area contributed by atoms with Gasteiger partial charge in [0, 0.05) is 42.5 Å². The molecule has 0 aromatic heterocycles.